The molecule has 5 rings (SSSR count). The second kappa shape index (κ2) is 12.5. The average molecular weight is 537 g/mol. The minimum absolute atomic E-state index is 0.530. The van der Waals surface area contributed by atoms with Gasteiger partial charge in [-0.25, -0.2) is 9.97 Å². The summed E-state index contributed by atoms with van der Waals surface area (Å²) in [6, 6.07) is 4.50. The van der Waals surface area contributed by atoms with Crippen LogP contribution < -0.4 is 25.0 Å². The van der Waals surface area contributed by atoms with Crippen molar-refractivity contribution in [2.45, 2.75) is 45.2 Å². The molecule has 1 unspecified atom stereocenters. The molecule has 0 amide bonds. The SMILES string of the molecule is COc1cc2c(N3CCN(C(=S)NCc4cnc(C)cn4)CC3)ncnc2cc1OCCC1CCCCN1. The summed E-state index contributed by atoms with van der Waals surface area (Å²) in [5.41, 5.74) is 2.62. The summed E-state index contributed by atoms with van der Waals surface area (Å²) < 4.78 is 11.8. The molecule has 38 heavy (non-hydrogen) atoms. The maximum absolute atomic E-state index is 6.15. The molecule has 10 nitrogen and oxygen atoms in total. The number of piperidine rings is 1. The van der Waals surface area contributed by atoms with E-state index in [0.29, 0.717) is 24.9 Å². The fourth-order valence-corrected chi connectivity index (χ4v) is 5.22. The molecule has 3 aromatic rings. The first-order chi connectivity index (χ1) is 18.6. The zero-order chi connectivity index (χ0) is 26.3. The second-order valence-electron chi connectivity index (χ2n) is 9.78. The lowest BCUT2D eigenvalue weighted by molar-refractivity contribution is 0.257. The van der Waals surface area contributed by atoms with E-state index in [0.717, 1.165) is 78.1 Å². The Bertz CT molecular complexity index is 1230. The van der Waals surface area contributed by atoms with Crippen LogP contribution in [0.1, 0.15) is 37.1 Å². The van der Waals surface area contributed by atoms with Gasteiger partial charge < -0.3 is 29.9 Å². The number of hydrogen-bond donors (Lipinski definition) is 2. The zero-order valence-corrected chi connectivity index (χ0v) is 23.0. The Morgan fingerprint density at radius 3 is 2.68 bits per heavy atom. The van der Waals surface area contributed by atoms with E-state index in [4.69, 9.17) is 21.7 Å². The highest BCUT2D eigenvalue weighted by atomic mass is 32.1. The summed E-state index contributed by atoms with van der Waals surface area (Å²) in [5.74, 6) is 2.33. The Morgan fingerprint density at radius 2 is 1.95 bits per heavy atom. The molecule has 1 aromatic carbocycles. The Balaban J connectivity index is 1.20. The number of rotatable bonds is 8. The number of piperazine rings is 1. The number of nitrogens with one attached hydrogen (secondary N) is 2. The van der Waals surface area contributed by atoms with Crippen molar-refractivity contribution in [3.63, 3.8) is 0 Å². The normalized spacial score (nSPS) is 17.9. The van der Waals surface area contributed by atoms with E-state index in [1.165, 1.54) is 19.3 Å². The fraction of sp³-hybridized carbons (Fsp3) is 0.519. The van der Waals surface area contributed by atoms with Crippen LogP contribution in [-0.2, 0) is 6.54 Å². The number of hydrogen-bond acceptors (Lipinski definition) is 9. The molecule has 0 spiro atoms. The van der Waals surface area contributed by atoms with Crippen LogP contribution in [0.25, 0.3) is 10.9 Å². The van der Waals surface area contributed by atoms with Crippen LogP contribution in [0, 0.1) is 6.92 Å². The molecule has 2 aliphatic heterocycles. The van der Waals surface area contributed by atoms with Gasteiger partial charge in [-0.3, -0.25) is 9.97 Å². The molecule has 2 aromatic heterocycles. The minimum atomic E-state index is 0.530. The molecule has 2 aliphatic rings. The van der Waals surface area contributed by atoms with E-state index in [2.05, 4.69) is 40.4 Å². The fourth-order valence-electron chi connectivity index (χ4n) is 4.97. The summed E-state index contributed by atoms with van der Waals surface area (Å²) in [6.07, 6.45) is 9.92. The van der Waals surface area contributed by atoms with E-state index in [1.54, 1.807) is 25.8 Å². The van der Waals surface area contributed by atoms with Crippen molar-refractivity contribution < 1.29 is 9.47 Å². The van der Waals surface area contributed by atoms with Crippen LogP contribution in [-0.4, -0.2) is 82.4 Å². The molecule has 0 bridgehead atoms. The average Bonchev–Trinajstić information content (AvgIpc) is 2.96. The van der Waals surface area contributed by atoms with Gasteiger partial charge in [0.15, 0.2) is 16.6 Å². The van der Waals surface area contributed by atoms with E-state index in [9.17, 15) is 0 Å². The first-order valence-electron chi connectivity index (χ1n) is 13.3. The number of thiocarbonyl (C=S) groups is 1. The van der Waals surface area contributed by atoms with Crippen molar-refractivity contribution in [1.82, 2.24) is 35.5 Å². The van der Waals surface area contributed by atoms with Crippen LogP contribution in [0.15, 0.2) is 30.9 Å². The van der Waals surface area contributed by atoms with Crippen molar-refractivity contribution in [2.75, 3.05) is 51.3 Å². The van der Waals surface area contributed by atoms with Crippen molar-refractivity contribution >= 4 is 34.1 Å². The van der Waals surface area contributed by atoms with E-state index in [1.807, 2.05) is 19.1 Å². The van der Waals surface area contributed by atoms with Crippen LogP contribution in [0.3, 0.4) is 0 Å². The molecule has 0 saturated carbocycles. The molecular weight excluding hydrogens is 500 g/mol. The lowest BCUT2D eigenvalue weighted by atomic mass is 10.0. The molecule has 2 fully saturated rings. The molecule has 2 N–H and O–H groups in total. The topological polar surface area (TPSA) is 101 Å². The summed E-state index contributed by atoms with van der Waals surface area (Å²) in [4.78, 5) is 22.3. The quantitative estimate of drug-likeness (QED) is 0.416. The van der Waals surface area contributed by atoms with Gasteiger partial charge >= 0.3 is 0 Å². The van der Waals surface area contributed by atoms with Crippen LogP contribution in [0.4, 0.5) is 5.82 Å². The number of ether oxygens (including phenoxy) is 2. The second-order valence-corrected chi connectivity index (χ2v) is 10.2. The third-order valence-electron chi connectivity index (χ3n) is 7.16. The summed E-state index contributed by atoms with van der Waals surface area (Å²) in [5, 5.41) is 8.57. The Hall–Kier alpha value is -3.31. The minimum Gasteiger partial charge on any atom is -0.493 e. The van der Waals surface area contributed by atoms with Crippen LogP contribution in [0.2, 0.25) is 0 Å². The molecule has 0 aliphatic carbocycles. The van der Waals surface area contributed by atoms with Gasteiger partial charge in [0.1, 0.15) is 12.1 Å². The van der Waals surface area contributed by atoms with Gasteiger partial charge in [0.25, 0.3) is 0 Å². The largest absolute Gasteiger partial charge is 0.493 e. The number of methoxy groups -OCH3 is 1. The Kier molecular flexibility index (Phi) is 8.65. The number of anilines is 1. The van der Waals surface area contributed by atoms with E-state index < -0.39 is 0 Å². The third-order valence-corrected chi connectivity index (χ3v) is 7.56. The maximum Gasteiger partial charge on any atom is 0.169 e. The Morgan fingerprint density at radius 1 is 1.08 bits per heavy atom. The van der Waals surface area contributed by atoms with Gasteiger partial charge in [-0.2, -0.15) is 0 Å². The number of aromatic nitrogens is 4. The maximum atomic E-state index is 6.15. The lowest BCUT2D eigenvalue weighted by Gasteiger charge is -2.37. The van der Waals surface area contributed by atoms with Crippen LogP contribution >= 0.6 is 12.2 Å². The van der Waals surface area contributed by atoms with Crippen molar-refractivity contribution in [1.29, 1.82) is 0 Å². The number of aryl methyl sites for hydroxylation is 1. The molecule has 1 atom stereocenters. The summed E-state index contributed by atoms with van der Waals surface area (Å²) in [7, 11) is 1.68. The summed E-state index contributed by atoms with van der Waals surface area (Å²) in [6.45, 7) is 7.42. The molecule has 0 radical (unpaired) electrons. The predicted octanol–water partition coefficient (Wildman–Crippen LogP) is 2.84. The molecule has 202 valence electrons. The highest BCUT2D eigenvalue weighted by molar-refractivity contribution is 7.80. The van der Waals surface area contributed by atoms with Gasteiger partial charge in [-0.1, -0.05) is 6.42 Å². The van der Waals surface area contributed by atoms with Gasteiger partial charge in [-0.15, -0.1) is 0 Å². The summed E-state index contributed by atoms with van der Waals surface area (Å²) >= 11 is 5.64. The molecule has 4 heterocycles. The number of benzene rings is 1. The first-order valence-corrected chi connectivity index (χ1v) is 13.8. The third kappa shape index (κ3) is 6.39. The van der Waals surface area contributed by atoms with E-state index >= 15 is 0 Å². The van der Waals surface area contributed by atoms with Gasteiger partial charge in [0.05, 0.1) is 43.4 Å². The highest BCUT2D eigenvalue weighted by Gasteiger charge is 2.23. The van der Waals surface area contributed by atoms with Gasteiger partial charge in [0.2, 0.25) is 0 Å². The van der Waals surface area contributed by atoms with Crippen molar-refractivity contribution in [3.05, 3.63) is 42.2 Å². The van der Waals surface area contributed by atoms with Gasteiger partial charge in [-0.05, 0) is 51.0 Å². The number of fused-ring (bicyclic) bond motifs is 1. The predicted molar refractivity (Wildman–Crippen MR) is 152 cm³/mol. The smallest absolute Gasteiger partial charge is 0.169 e. The van der Waals surface area contributed by atoms with Crippen molar-refractivity contribution in [3.8, 4) is 11.5 Å². The molecule has 2 saturated heterocycles. The Labute approximate surface area is 229 Å². The monoisotopic (exact) mass is 536 g/mol. The highest BCUT2D eigenvalue weighted by Crippen LogP contribution is 2.35. The molecular formula is C27H36N8O2S. The van der Waals surface area contributed by atoms with E-state index in [-0.39, 0.29) is 0 Å². The van der Waals surface area contributed by atoms with Gasteiger partial charge in [0, 0.05) is 49.9 Å². The van der Waals surface area contributed by atoms with Crippen molar-refractivity contribution in [2.24, 2.45) is 0 Å². The lowest BCUT2D eigenvalue weighted by Crippen LogP contribution is -2.51. The standard InChI is InChI=1S/C27H36N8O2S/c1-19-15-30-21(16-29-19)17-31-27(38)35-10-8-34(9-11-35)26-22-13-24(36-2)25(14-23(22)32-18-33-26)37-12-6-20-5-3-4-7-28-20/h13-16,18,20,28H,3-12,17H2,1-2H3,(H,31,38). The molecule has 11 heteroatoms. The zero-order valence-electron chi connectivity index (χ0n) is 22.2. The number of nitrogens with zero attached hydrogens (tertiary/aromatic N) is 6. The van der Waals surface area contributed by atoms with Crippen LogP contribution in [0.5, 0.6) is 11.5 Å². The first kappa shape index (κ1) is 26.3.